The molecule has 0 bridgehead atoms. The molecule has 0 radical (unpaired) electrons. The lowest BCUT2D eigenvalue weighted by atomic mass is 9.85. The summed E-state index contributed by atoms with van der Waals surface area (Å²) in [6, 6.07) is 0. The number of hydrogen-bond acceptors (Lipinski definition) is 3. The predicted octanol–water partition coefficient (Wildman–Crippen LogP) is 3.79. The predicted molar refractivity (Wildman–Crippen MR) is 78.9 cm³/mol. The van der Waals surface area contributed by atoms with E-state index in [1.807, 2.05) is 6.92 Å². The van der Waals surface area contributed by atoms with Crippen LogP contribution < -0.4 is 4.74 Å². The summed E-state index contributed by atoms with van der Waals surface area (Å²) in [6.07, 6.45) is 4.18. The van der Waals surface area contributed by atoms with E-state index in [0.717, 1.165) is 30.4 Å². The minimum absolute atomic E-state index is 0.442. The average molecular weight is 275 g/mol. The second-order valence-corrected chi connectivity index (χ2v) is 5.82. The van der Waals surface area contributed by atoms with Gasteiger partial charge in [0.25, 0.3) is 0 Å². The van der Waals surface area contributed by atoms with Gasteiger partial charge in [-0.05, 0) is 75.3 Å². The highest BCUT2D eigenvalue weighted by Gasteiger charge is 2.32. The number of hydrogen-bond donors (Lipinski definition) is 0. The molecule has 0 amide bonds. The van der Waals surface area contributed by atoms with Crippen molar-refractivity contribution in [1.29, 1.82) is 0 Å². The lowest BCUT2D eigenvalue weighted by Gasteiger charge is -2.35. The summed E-state index contributed by atoms with van der Waals surface area (Å²) in [5.74, 6) is 0.910. The van der Waals surface area contributed by atoms with Crippen molar-refractivity contribution in [1.82, 2.24) is 0 Å². The van der Waals surface area contributed by atoms with Crippen LogP contribution in [0.5, 0.6) is 5.75 Å². The smallest absolute Gasteiger partial charge is 0.234 e. The molecular formula is C16H21NO3. The number of fused-ring (bicyclic) bond motifs is 1. The second kappa shape index (κ2) is 4.93. The van der Waals surface area contributed by atoms with Crippen molar-refractivity contribution >= 4 is 0 Å². The zero-order valence-electron chi connectivity index (χ0n) is 12.7. The van der Waals surface area contributed by atoms with Gasteiger partial charge in [-0.15, -0.1) is 0 Å². The summed E-state index contributed by atoms with van der Waals surface area (Å²) in [4.78, 5) is 10.1. The maximum Gasteiger partial charge on any atom is 0.234 e. The Morgan fingerprint density at radius 2 is 1.75 bits per heavy atom. The van der Waals surface area contributed by atoms with E-state index in [9.17, 15) is 10.1 Å². The Labute approximate surface area is 119 Å². The first-order chi connectivity index (χ1) is 9.25. The van der Waals surface area contributed by atoms with Gasteiger partial charge in [-0.2, -0.15) is 0 Å². The van der Waals surface area contributed by atoms with Crippen molar-refractivity contribution in [3.8, 4) is 5.75 Å². The molecule has 0 aromatic heterocycles. The van der Waals surface area contributed by atoms with Crippen LogP contribution in [0, 0.1) is 37.8 Å². The molecule has 1 aromatic rings. The highest BCUT2D eigenvalue weighted by molar-refractivity contribution is 5.55. The molecule has 0 aliphatic carbocycles. The Morgan fingerprint density at radius 3 is 2.35 bits per heavy atom. The summed E-state index contributed by atoms with van der Waals surface area (Å²) < 4.78 is 6.13. The van der Waals surface area contributed by atoms with Gasteiger partial charge in [0.1, 0.15) is 11.4 Å². The molecule has 0 saturated heterocycles. The van der Waals surface area contributed by atoms with E-state index in [1.165, 1.54) is 22.3 Å². The van der Waals surface area contributed by atoms with Gasteiger partial charge in [0.05, 0.1) is 4.92 Å². The molecule has 4 nitrogen and oxygen atoms in total. The third kappa shape index (κ3) is 2.42. The SMILES string of the molecule is Cc1c(C)c(C)c2c(c1C)CCC(C)(/C=C/[N+](=O)[O-])O2. The molecule has 108 valence electrons. The second-order valence-electron chi connectivity index (χ2n) is 5.82. The van der Waals surface area contributed by atoms with Crippen LogP contribution >= 0.6 is 0 Å². The van der Waals surface area contributed by atoms with Gasteiger partial charge < -0.3 is 4.74 Å². The van der Waals surface area contributed by atoms with Crippen molar-refractivity contribution in [3.63, 3.8) is 0 Å². The van der Waals surface area contributed by atoms with Gasteiger partial charge in [-0.25, -0.2) is 0 Å². The molecule has 1 heterocycles. The van der Waals surface area contributed by atoms with E-state index in [0.29, 0.717) is 0 Å². The van der Waals surface area contributed by atoms with Gasteiger partial charge in [0.2, 0.25) is 6.20 Å². The third-order valence-electron chi connectivity index (χ3n) is 4.51. The number of nitro groups is 1. The van der Waals surface area contributed by atoms with Crippen LogP contribution in [0.15, 0.2) is 12.3 Å². The summed E-state index contributed by atoms with van der Waals surface area (Å²) in [5, 5.41) is 10.5. The lowest BCUT2D eigenvalue weighted by Crippen LogP contribution is -2.35. The van der Waals surface area contributed by atoms with Crippen LogP contribution in [0.4, 0.5) is 0 Å². The Hall–Kier alpha value is -1.84. The summed E-state index contributed by atoms with van der Waals surface area (Å²) >= 11 is 0. The molecule has 1 aliphatic rings. The quantitative estimate of drug-likeness (QED) is 0.609. The molecule has 0 N–H and O–H groups in total. The Balaban J connectivity index is 2.47. The first-order valence-electron chi connectivity index (χ1n) is 6.86. The van der Waals surface area contributed by atoms with Gasteiger partial charge >= 0.3 is 0 Å². The number of ether oxygens (including phenoxy) is 1. The summed E-state index contributed by atoms with van der Waals surface area (Å²) in [7, 11) is 0. The fourth-order valence-corrected chi connectivity index (χ4v) is 2.79. The Morgan fingerprint density at radius 1 is 1.15 bits per heavy atom. The maximum absolute atomic E-state index is 10.5. The molecule has 1 unspecified atom stereocenters. The monoisotopic (exact) mass is 275 g/mol. The fourth-order valence-electron chi connectivity index (χ4n) is 2.79. The molecule has 20 heavy (non-hydrogen) atoms. The minimum atomic E-state index is -0.598. The number of nitrogens with zero attached hydrogens (tertiary/aromatic N) is 1. The van der Waals surface area contributed by atoms with E-state index < -0.39 is 10.5 Å². The highest BCUT2D eigenvalue weighted by Crippen LogP contribution is 2.41. The largest absolute Gasteiger partial charge is 0.483 e. The van der Waals surface area contributed by atoms with Gasteiger partial charge in [-0.1, -0.05) is 0 Å². The molecule has 0 spiro atoms. The van der Waals surface area contributed by atoms with E-state index in [-0.39, 0.29) is 0 Å². The molecule has 4 heteroatoms. The molecule has 1 aromatic carbocycles. The molecular weight excluding hydrogens is 254 g/mol. The van der Waals surface area contributed by atoms with E-state index in [1.54, 1.807) is 6.08 Å². The first-order valence-corrected chi connectivity index (χ1v) is 6.86. The molecule has 2 rings (SSSR count). The van der Waals surface area contributed by atoms with Crippen LogP contribution in [-0.2, 0) is 6.42 Å². The Bertz CT molecular complexity index is 604. The van der Waals surface area contributed by atoms with Crippen molar-refractivity contribution in [2.45, 2.75) is 53.1 Å². The molecule has 1 aliphatic heterocycles. The first kappa shape index (κ1) is 14.6. The highest BCUT2D eigenvalue weighted by atomic mass is 16.6. The normalized spacial score (nSPS) is 21.6. The molecule has 0 saturated carbocycles. The van der Waals surface area contributed by atoms with Gasteiger partial charge in [-0.3, -0.25) is 10.1 Å². The van der Waals surface area contributed by atoms with Crippen LogP contribution in [0.25, 0.3) is 0 Å². The molecule has 0 fully saturated rings. The zero-order chi connectivity index (χ0) is 15.1. The van der Waals surface area contributed by atoms with Crippen LogP contribution in [0.2, 0.25) is 0 Å². The summed E-state index contributed by atoms with van der Waals surface area (Å²) in [5.41, 5.74) is 5.63. The number of benzene rings is 1. The lowest BCUT2D eigenvalue weighted by molar-refractivity contribution is -0.403. The van der Waals surface area contributed by atoms with Crippen LogP contribution in [0.1, 0.15) is 41.2 Å². The van der Waals surface area contributed by atoms with E-state index >= 15 is 0 Å². The van der Waals surface area contributed by atoms with Gasteiger partial charge in [0.15, 0.2) is 0 Å². The zero-order valence-corrected chi connectivity index (χ0v) is 12.7. The summed E-state index contributed by atoms with van der Waals surface area (Å²) in [6.45, 7) is 10.3. The van der Waals surface area contributed by atoms with E-state index in [4.69, 9.17) is 4.74 Å². The van der Waals surface area contributed by atoms with Crippen molar-refractivity contribution < 1.29 is 9.66 Å². The van der Waals surface area contributed by atoms with Crippen molar-refractivity contribution in [2.24, 2.45) is 0 Å². The maximum atomic E-state index is 10.5. The Kier molecular flexibility index (Phi) is 3.59. The van der Waals surface area contributed by atoms with Crippen LogP contribution in [0.3, 0.4) is 0 Å². The van der Waals surface area contributed by atoms with Gasteiger partial charge in [0, 0.05) is 6.08 Å². The van der Waals surface area contributed by atoms with Crippen molar-refractivity contribution in [3.05, 3.63) is 50.2 Å². The molecule has 1 atom stereocenters. The van der Waals surface area contributed by atoms with Crippen LogP contribution in [-0.4, -0.2) is 10.5 Å². The average Bonchev–Trinajstić information content (AvgIpc) is 2.41. The standard InChI is InChI=1S/C16H21NO3/c1-10-11(2)13(4)15-14(12(10)3)6-7-16(5,20-15)8-9-17(18)19/h8-9H,6-7H2,1-5H3/b9-8+. The van der Waals surface area contributed by atoms with Crippen molar-refractivity contribution in [2.75, 3.05) is 0 Å². The fraction of sp³-hybridized carbons (Fsp3) is 0.500. The third-order valence-corrected chi connectivity index (χ3v) is 4.51. The topological polar surface area (TPSA) is 52.4 Å². The number of rotatable bonds is 2. The minimum Gasteiger partial charge on any atom is -0.483 e. The van der Waals surface area contributed by atoms with E-state index in [2.05, 4.69) is 27.7 Å².